The minimum absolute atomic E-state index is 0.210. The van der Waals surface area contributed by atoms with Crippen molar-refractivity contribution in [3.05, 3.63) is 17.0 Å². The first-order chi connectivity index (χ1) is 8.69. The van der Waals surface area contributed by atoms with E-state index in [1.54, 1.807) is 7.11 Å². The predicted octanol–water partition coefficient (Wildman–Crippen LogP) is 2.64. The molecule has 0 aromatic carbocycles. The summed E-state index contributed by atoms with van der Waals surface area (Å²) in [5.41, 5.74) is 2.88. The average Bonchev–Trinajstić information content (AvgIpc) is 2.75. The van der Waals surface area contributed by atoms with Crippen molar-refractivity contribution in [3.63, 3.8) is 0 Å². The maximum absolute atomic E-state index is 12.0. The van der Waals surface area contributed by atoms with E-state index in [1.165, 1.54) is 0 Å². The van der Waals surface area contributed by atoms with Crippen molar-refractivity contribution >= 4 is 5.78 Å². The lowest BCUT2D eigenvalue weighted by Crippen LogP contribution is -2.09. The van der Waals surface area contributed by atoms with Crippen LogP contribution in [0.1, 0.15) is 55.4 Å². The number of Topliss-reactive ketones (excluding diaryl/α,β-unsaturated/α-hetero) is 1. The molecule has 1 heterocycles. The van der Waals surface area contributed by atoms with Crippen LogP contribution in [-0.2, 0) is 24.1 Å². The smallest absolute Gasteiger partial charge is 0.166 e. The molecule has 4 heteroatoms. The second kappa shape index (κ2) is 7.31. The van der Waals surface area contributed by atoms with Crippen LogP contribution in [0.2, 0.25) is 0 Å². The van der Waals surface area contributed by atoms with E-state index in [1.807, 2.05) is 18.5 Å². The number of aryl methyl sites for hydroxylation is 2. The highest BCUT2D eigenvalue weighted by Gasteiger charge is 2.19. The Morgan fingerprint density at radius 3 is 2.50 bits per heavy atom. The lowest BCUT2D eigenvalue weighted by molar-refractivity contribution is 0.0986. The third kappa shape index (κ3) is 3.19. The van der Waals surface area contributed by atoms with Crippen LogP contribution in [0.5, 0.6) is 0 Å². The van der Waals surface area contributed by atoms with Crippen molar-refractivity contribution in [1.29, 1.82) is 0 Å². The summed E-state index contributed by atoms with van der Waals surface area (Å²) in [6.07, 6.45) is 3.13. The quantitative estimate of drug-likeness (QED) is 0.527. The first-order valence-corrected chi connectivity index (χ1v) is 6.80. The van der Waals surface area contributed by atoms with E-state index in [0.29, 0.717) is 6.42 Å². The van der Waals surface area contributed by atoms with E-state index in [-0.39, 0.29) is 5.78 Å². The van der Waals surface area contributed by atoms with Crippen LogP contribution in [0.4, 0.5) is 0 Å². The van der Waals surface area contributed by atoms with Gasteiger partial charge >= 0.3 is 0 Å². The van der Waals surface area contributed by atoms with Gasteiger partial charge in [-0.15, -0.1) is 0 Å². The number of ether oxygens (including phenoxy) is 1. The van der Waals surface area contributed by atoms with E-state index in [2.05, 4.69) is 12.0 Å². The molecule has 0 saturated carbocycles. The molecule has 1 aromatic rings. The number of aromatic nitrogens is 2. The maximum Gasteiger partial charge on any atom is 0.166 e. The zero-order chi connectivity index (χ0) is 13.5. The summed E-state index contributed by atoms with van der Waals surface area (Å²) < 4.78 is 7.05. The Balaban J connectivity index is 3.04. The lowest BCUT2D eigenvalue weighted by atomic mass is 10.0. The minimum atomic E-state index is 0.210. The Bertz CT molecular complexity index is 397. The van der Waals surface area contributed by atoms with Gasteiger partial charge in [-0.25, -0.2) is 0 Å². The van der Waals surface area contributed by atoms with E-state index in [9.17, 15) is 4.79 Å². The zero-order valence-electron chi connectivity index (χ0n) is 12.0. The number of nitrogens with zero attached hydrogens (tertiary/aromatic N) is 2. The molecular weight excluding hydrogens is 228 g/mol. The van der Waals surface area contributed by atoms with Crippen molar-refractivity contribution in [2.45, 2.75) is 53.0 Å². The summed E-state index contributed by atoms with van der Waals surface area (Å²) in [6, 6.07) is 0. The van der Waals surface area contributed by atoms with E-state index in [4.69, 9.17) is 4.74 Å². The Labute approximate surface area is 109 Å². The van der Waals surface area contributed by atoms with Crippen LogP contribution < -0.4 is 0 Å². The van der Waals surface area contributed by atoms with Crippen LogP contribution in [0.25, 0.3) is 0 Å². The summed E-state index contributed by atoms with van der Waals surface area (Å²) in [4.78, 5) is 12.0. The van der Waals surface area contributed by atoms with Crippen molar-refractivity contribution in [1.82, 2.24) is 9.78 Å². The number of ketones is 1. The third-order valence-corrected chi connectivity index (χ3v) is 3.12. The second-order valence-electron chi connectivity index (χ2n) is 4.32. The van der Waals surface area contributed by atoms with Gasteiger partial charge in [0.25, 0.3) is 0 Å². The van der Waals surface area contributed by atoms with Gasteiger partial charge in [0.2, 0.25) is 0 Å². The van der Waals surface area contributed by atoms with Gasteiger partial charge in [0.15, 0.2) is 5.78 Å². The summed E-state index contributed by atoms with van der Waals surface area (Å²) in [5.74, 6) is 0.210. The molecule has 0 spiro atoms. The number of methoxy groups -OCH3 is 1. The molecule has 1 aromatic heterocycles. The largest absolute Gasteiger partial charge is 0.385 e. The van der Waals surface area contributed by atoms with Gasteiger partial charge < -0.3 is 4.74 Å². The van der Waals surface area contributed by atoms with Crippen molar-refractivity contribution in [3.8, 4) is 0 Å². The molecular formula is C14H24N2O2. The Morgan fingerprint density at radius 1 is 1.28 bits per heavy atom. The van der Waals surface area contributed by atoms with Gasteiger partial charge in [-0.2, -0.15) is 5.10 Å². The van der Waals surface area contributed by atoms with Crippen molar-refractivity contribution in [2.75, 3.05) is 13.7 Å². The standard InChI is InChI=1S/C14H24N2O2/c1-5-11-14(13(17)7-3)12(6-2)16(15-11)9-8-10-18-4/h5-10H2,1-4H3. The van der Waals surface area contributed by atoms with Gasteiger partial charge in [0.1, 0.15) is 0 Å². The molecule has 0 aliphatic heterocycles. The van der Waals surface area contributed by atoms with Gasteiger partial charge in [-0.05, 0) is 19.3 Å². The number of hydrogen-bond donors (Lipinski definition) is 0. The van der Waals surface area contributed by atoms with Crippen LogP contribution >= 0.6 is 0 Å². The summed E-state index contributed by atoms with van der Waals surface area (Å²) in [5, 5.41) is 4.58. The highest BCUT2D eigenvalue weighted by Crippen LogP contribution is 2.18. The maximum atomic E-state index is 12.0. The summed E-state index contributed by atoms with van der Waals surface area (Å²) in [7, 11) is 1.70. The molecule has 0 radical (unpaired) electrons. The average molecular weight is 252 g/mol. The van der Waals surface area contributed by atoms with Crippen LogP contribution in [0.15, 0.2) is 0 Å². The topological polar surface area (TPSA) is 44.1 Å². The number of hydrogen-bond acceptors (Lipinski definition) is 3. The van der Waals surface area contributed by atoms with Crippen molar-refractivity contribution < 1.29 is 9.53 Å². The molecule has 0 aliphatic carbocycles. The molecule has 0 aliphatic rings. The van der Waals surface area contributed by atoms with Gasteiger partial charge in [0, 0.05) is 32.4 Å². The number of rotatable bonds is 8. The number of carbonyl (C=O) groups excluding carboxylic acids is 1. The fraction of sp³-hybridized carbons (Fsp3) is 0.714. The van der Waals surface area contributed by atoms with E-state index < -0.39 is 0 Å². The zero-order valence-corrected chi connectivity index (χ0v) is 12.0. The highest BCUT2D eigenvalue weighted by molar-refractivity contribution is 5.98. The molecule has 0 amide bonds. The van der Waals surface area contributed by atoms with E-state index >= 15 is 0 Å². The third-order valence-electron chi connectivity index (χ3n) is 3.12. The Kier molecular flexibility index (Phi) is 6.05. The fourth-order valence-corrected chi connectivity index (χ4v) is 2.20. The normalized spacial score (nSPS) is 10.9. The molecule has 4 nitrogen and oxygen atoms in total. The Morgan fingerprint density at radius 2 is 2.00 bits per heavy atom. The molecule has 0 saturated heterocycles. The summed E-state index contributed by atoms with van der Waals surface area (Å²) >= 11 is 0. The molecule has 0 bridgehead atoms. The summed E-state index contributed by atoms with van der Waals surface area (Å²) in [6.45, 7) is 7.58. The molecule has 0 fully saturated rings. The predicted molar refractivity (Wildman–Crippen MR) is 72.1 cm³/mol. The molecule has 18 heavy (non-hydrogen) atoms. The second-order valence-corrected chi connectivity index (χ2v) is 4.32. The van der Waals surface area contributed by atoms with E-state index in [0.717, 1.165) is 49.4 Å². The Hall–Kier alpha value is -1.16. The minimum Gasteiger partial charge on any atom is -0.385 e. The van der Waals surface area contributed by atoms with Crippen molar-refractivity contribution in [2.24, 2.45) is 0 Å². The molecule has 0 atom stereocenters. The first kappa shape index (κ1) is 14.9. The SMILES string of the molecule is CCC(=O)c1c(CC)nn(CCCOC)c1CC. The molecule has 1 rings (SSSR count). The molecule has 0 N–H and O–H groups in total. The highest BCUT2D eigenvalue weighted by atomic mass is 16.5. The lowest BCUT2D eigenvalue weighted by Gasteiger charge is -2.06. The first-order valence-electron chi connectivity index (χ1n) is 6.80. The van der Waals surface area contributed by atoms with Crippen LogP contribution in [0, 0.1) is 0 Å². The number of carbonyl (C=O) groups is 1. The molecule has 102 valence electrons. The van der Waals surface area contributed by atoms with Crippen LogP contribution in [-0.4, -0.2) is 29.3 Å². The molecule has 0 unspecified atom stereocenters. The fourth-order valence-electron chi connectivity index (χ4n) is 2.20. The monoisotopic (exact) mass is 252 g/mol. The van der Waals surface area contributed by atoms with Gasteiger partial charge in [0.05, 0.1) is 11.3 Å². The van der Waals surface area contributed by atoms with Gasteiger partial charge in [-0.3, -0.25) is 9.48 Å². The van der Waals surface area contributed by atoms with Crippen LogP contribution in [0.3, 0.4) is 0 Å². The van der Waals surface area contributed by atoms with Gasteiger partial charge in [-0.1, -0.05) is 20.8 Å².